The number of nitrogens with zero attached hydrogens (tertiary/aromatic N) is 2. The van der Waals surface area contributed by atoms with Crippen molar-refractivity contribution in [3.63, 3.8) is 0 Å². The molecule has 0 radical (unpaired) electrons. The van der Waals surface area contributed by atoms with E-state index in [1.165, 1.54) is 39.0 Å². The first-order valence-corrected chi connectivity index (χ1v) is 6.68. The highest BCUT2D eigenvalue weighted by molar-refractivity contribution is 7.80. The predicted molar refractivity (Wildman–Crippen MR) is 70.8 cm³/mol. The van der Waals surface area contributed by atoms with Crippen molar-refractivity contribution < 1.29 is 0 Å². The minimum Gasteiger partial charge on any atom is -0.305 e. The molecule has 90 valence electrons. The lowest BCUT2D eigenvalue weighted by atomic mass is 9.96. The molecule has 0 unspecified atom stereocenters. The van der Waals surface area contributed by atoms with Crippen LogP contribution in [-0.2, 0) is 0 Å². The monoisotopic (exact) mass is 230 g/mol. The first-order valence-electron chi connectivity index (χ1n) is 6.05. The minimum atomic E-state index is 0.336. The Morgan fingerprint density at radius 2 is 1.87 bits per heavy atom. The van der Waals surface area contributed by atoms with Crippen molar-refractivity contribution in [3.8, 4) is 0 Å². The lowest BCUT2D eigenvalue weighted by Crippen LogP contribution is -2.37. The van der Waals surface area contributed by atoms with Crippen LogP contribution < -0.4 is 0 Å². The molecule has 0 bridgehead atoms. The zero-order chi connectivity index (χ0) is 11.3. The third kappa shape index (κ3) is 5.23. The van der Waals surface area contributed by atoms with Gasteiger partial charge in [0.25, 0.3) is 0 Å². The fourth-order valence-corrected chi connectivity index (χ4v) is 2.28. The molecule has 0 saturated carbocycles. The first kappa shape index (κ1) is 13.3. The van der Waals surface area contributed by atoms with Gasteiger partial charge in [0.1, 0.15) is 0 Å². The summed E-state index contributed by atoms with van der Waals surface area (Å²) in [5.41, 5.74) is 0.336. The average molecular weight is 230 g/mol. The molecule has 0 aromatic carbocycles. The van der Waals surface area contributed by atoms with E-state index >= 15 is 0 Å². The molecular weight excluding hydrogens is 204 g/mol. The molecule has 3 heteroatoms. The molecule has 1 saturated heterocycles. The summed E-state index contributed by atoms with van der Waals surface area (Å²) < 4.78 is 0. The Morgan fingerprint density at radius 3 is 2.40 bits per heavy atom. The van der Waals surface area contributed by atoms with Crippen molar-refractivity contribution >= 4 is 12.6 Å². The van der Waals surface area contributed by atoms with Crippen LogP contribution in [0.5, 0.6) is 0 Å². The second-order valence-corrected chi connectivity index (χ2v) is 5.93. The van der Waals surface area contributed by atoms with Crippen LogP contribution in [0.15, 0.2) is 0 Å². The summed E-state index contributed by atoms with van der Waals surface area (Å²) >= 11 is 4.39. The second kappa shape index (κ2) is 6.12. The minimum absolute atomic E-state index is 0.336. The molecular formula is C12H26N2S. The van der Waals surface area contributed by atoms with Gasteiger partial charge in [0.05, 0.1) is 0 Å². The van der Waals surface area contributed by atoms with Crippen LogP contribution in [-0.4, -0.2) is 55.3 Å². The SMILES string of the molecule is CN(CCN1CCCC1)CC(C)(C)CS. The molecule has 1 aliphatic heterocycles. The summed E-state index contributed by atoms with van der Waals surface area (Å²) in [6.45, 7) is 10.8. The van der Waals surface area contributed by atoms with Crippen molar-refractivity contribution in [1.82, 2.24) is 9.80 Å². The number of likely N-dealkylation sites (tertiary alicyclic amines) is 1. The summed E-state index contributed by atoms with van der Waals surface area (Å²) in [5, 5.41) is 0. The van der Waals surface area contributed by atoms with Crippen molar-refractivity contribution in [2.24, 2.45) is 5.41 Å². The van der Waals surface area contributed by atoms with Crippen molar-refractivity contribution in [3.05, 3.63) is 0 Å². The Balaban J connectivity index is 2.15. The van der Waals surface area contributed by atoms with E-state index < -0.39 is 0 Å². The van der Waals surface area contributed by atoms with E-state index in [0.717, 1.165) is 12.3 Å². The van der Waals surface area contributed by atoms with Gasteiger partial charge >= 0.3 is 0 Å². The molecule has 1 rings (SSSR count). The largest absolute Gasteiger partial charge is 0.305 e. The van der Waals surface area contributed by atoms with Crippen LogP contribution in [0.1, 0.15) is 26.7 Å². The van der Waals surface area contributed by atoms with E-state index in [4.69, 9.17) is 0 Å². The molecule has 0 aromatic heterocycles. The van der Waals surface area contributed by atoms with Crippen LogP contribution in [0, 0.1) is 5.41 Å². The molecule has 0 N–H and O–H groups in total. The summed E-state index contributed by atoms with van der Waals surface area (Å²) in [5.74, 6) is 0.959. The summed E-state index contributed by atoms with van der Waals surface area (Å²) in [7, 11) is 2.22. The average Bonchev–Trinajstić information content (AvgIpc) is 2.66. The normalized spacial score (nSPS) is 19.0. The van der Waals surface area contributed by atoms with Gasteiger partial charge in [-0.15, -0.1) is 0 Å². The van der Waals surface area contributed by atoms with Gasteiger partial charge in [-0.1, -0.05) is 13.8 Å². The van der Waals surface area contributed by atoms with Gasteiger partial charge in [0, 0.05) is 19.6 Å². The van der Waals surface area contributed by atoms with E-state index in [2.05, 4.69) is 43.3 Å². The maximum atomic E-state index is 4.39. The molecule has 0 amide bonds. The zero-order valence-electron chi connectivity index (χ0n) is 10.5. The molecule has 0 spiro atoms. The van der Waals surface area contributed by atoms with Gasteiger partial charge in [-0.2, -0.15) is 12.6 Å². The topological polar surface area (TPSA) is 6.48 Å². The van der Waals surface area contributed by atoms with E-state index in [0.29, 0.717) is 5.41 Å². The van der Waals surface area contributed by atoms with Crippen LogP contribution in [0.4, 0.5) is 0 Å². The number of thiol groups is 1. The third-order valence-electron chi connectivity index (χ3n) is 3.12. The Kier molecular flexibility index (Phi) is 5.44. The van der Waals surface area contributed by atoms with E-state index in [9.17, 15) is 0 Å². The zero-order valence-corrected chi connectivity index (χ0v) is 11.4. The quantitative estimate of drug-likeness (QED) is 0.697. The lowest BCUT2D eigenvalue weighted by Gasteiger charge is -2.29. The maximum Gasteiger partial charge on any atom is 0.0109 e. The number of hydrogen-bond donors (Lipinski definition) is 1. The molecule has 2 nitrogen and oxygen atoms in total. The third-order valence-corrected chi connectivity index (χ3v) is 3.98. The Labute approximate surface area is 100 Å². The standard InChI is InChI=1S/C12H26N2S/c1-12(2,11-15)10-13(3)8-9-14-6-4-5-7-14/h15H,4-11H2,1-3H3. The summed E-state index contributed by atoms with van der Waals surface area (Å²) in [6.07, 6.45) is 2.79. The fraction of sp³-hybridized carbons (Fsp3) is 1.00. The molecule has 1 heterocycles. The van der Waals surface area contributed by atoms with E-state index in [1.807, 2.05) is 0 Å². The van der Waals surface area contributed by atoms with Crippen LogP contribution in [0.2, 0.25) is 0 Å². The number of hydrogen-bond acceptors (Lipinski definition) is 3. The predicted octanol–water partition coefficient (Wildman–Crippen LogP) is 1.97. The molecule has 0 aliphatic carbocycles. The molecule has 0 aromatic rings. The summed E-state index contributed by atoms with van der Waals surface area (Å²) in [4.78, 5) is 5.01. The van der Waals surface area contributed by atoms with Crippen LogP contribution >= 0.6 is 12.6 Å². The lowest BCUT2D eigenvalue weighted by molar-refractivity contribution is 0.202. The van der Waals surface area contributed by atoms with Gasteiger partial charge in [-0.3, -0.25) is 0 Å². The van der Waals surface area contributed by atoms with E-state index in [-0.39, 0.29) is 0 Å². The highest BCUT2D eigenvalue weighted by Gasteiger charge is 2.19. The maximum absolute atomic E-state index is 4.39. The van der Waals surface area contributed by atoms with Crippen molar-refractivity contribution in [2.45, 2.75) is 26.7 Å². The Hall–Kier alpha value is 0.270. The van der Waals surface area contributed by atoms with Gasteiger partial charge in [-0.25, -0.2) is 0 Å². The second-order valence-electron chi connectivity index (χ2n) is 5.61. The van der Waals surface area contributed by atoms with Crippen LogP contribution in [0.25, 0.3) is 0 Å². The smallest absolute Gasteiger partial charge is 0.0109 e. The van der Waals surface area contributed by atoms with Crippen molar-refractivity contribution in [1.29, 1.82) is 0 Å². The molecule has 15 heavy (non-hydrogen) atoms. The van der Waals surface area contributed by atoms with E-state index in [1.54, 1.807) is 0 Å². The highest BCUT2D eigenvalue weighted by atomic mass is 32.1. The van der Waals surface area contributed by atoms with Gasteiger partial charge in [0.2, 0.25) is 0 Å². The van der Waals surface area contributed by atoms with Gasteiger partial charge < -0.3 is 9.80 Å². The van der Waals surface area contributed by atoms with Gasteiger partial charge in [0.15, 0.2) is 0 Å². The molecule has 1 aliphatic rings. The Morgan fingerprint density at radius 1 is 1.27 bits per heavy atom. The van der Waals surface area contributed by atoms with Crippen LogP contribution in [0.3, 0.4) is 0 Å². The summed E-state index contributed by atoms with van der Waals surface area (Å²) in [6, 6.07) is 0. The number of rotatable bonds is 6. The fourth-order valence-electron chi connectivity index (χ4n) is 2.18. The highest BCUT2D eigenvalue weighted by Crippen LogP contribution is 2.17. The van der Waals surface area contributed by atoms with Crippen molar-refractivity contribution in [2.75, 3.05) is 45.5 Å². The molecule has 0 atom stereocenters. The number of likely N-dealkylation sites (N-methyl/N-ethyl adjacent to an activating group) is 1. The molecule has 1 fully saturated rings. The van der Waals surface area contributed by atoms with Gasteiger partial charge in [-0.05, 0) is 44.1 Å². The first-order chi connectivity index (χ1) is 7.03. The Bertz CT molecular complexity index is 176.